The van der Waals surface area contributed by atoms with Gasteiger partial charge in [0.15, 0.2) is 0 Å². The Morgan fingerprint density at radius 2 is 2.32 bits per heavy atom. The molecule has 0 radical (unpaired) electrons. The number of rotatable bonds is 7. The number of aliphatic hydroxyl groups excluding tert-OH is 1. The van der Waals surface area contributed by atoms with Gasteiger partial charge < -0.3 is 10.4 Å². The van der Waals surface area contributed by atoms with Gasteiger partial charge in [-0.1, -0.05) is 13.8 Å². The molecule has 0 aliphatic rings. The van der Waals surface area contributed by atoms with Crippen LogP contribution in [0.1, 0.15) is 41.9 Å². The standard InChI is InChI=1S/C14H20N2O2S/c1-10(2)7-11(3-5-17)9-16-14(18)13-12(8-15)4-6-19-13/h4,6,10-11,17H,3,5,7,9H2,1-2H3,(H,16,18). The van der Waals surface area contributed by atoms with E-state index in [1.54, 1.807) is 11.4 Å². The van der Waals surface area contributed by atoms with Gasteiger partial charge in [-0.15, -0.1) is 11.3 Å². The molecule has 1 aromatic heterocycles. The molecule has 0 fully saturated rings. The van der Waals surface area contributed by atoms with E-state index in [0.717, 1.165) is 6.42 Å². The van der Waals surface area contributed by atoms with E-state index in [2.05, 4.69) is 19.2 Å². The summed E-state index contributed by atoms with van der Waals surface area (Å²) in [5.74, 6) is 0.613. The van der Waals surface area contributed by atoms with Crippen molar-refractivity contribution in [2.45, 2.75) is 26.7 Å². The van der Waals surface area contributed by atoms with Crippen LogP contribution in [-0.4, -0.2) is 24.2 Å². The summed E-state index contributed by atoms with van der Waals surface area (Å²) >= 11 is 1.28. The van der Waals surface area contributed by atoms with Crippen molar-refractivity contribution in [1.29, 1.82) is 5.26 Å². The Balaban J connectivity index is 2.54. The van der Waals surface area contributed by atoms with Crippen LogP contribution in [-0.2, 0) is 0 Å². The lowest BCUT2D eigenvalue weighted by atomic mass is 9.94. The van der Waals surface area contributed by atoms with Crippen LogP contribution in [0.25, 0.3) is 0 Å². The number of amides is 1. The average Bonchev–Trinajstić information content (AvgIpc) is 2.83. The van der Waals surface area contributed by atoms with Crippen molar-refractivity contribution in [3.05, 3.63) is 21.9 Å². The van der Waals surface area contributed by atoms with Crippen molar-refractivity contribution >= 4 is 17.2 Å². The highest BCUT2D eigenvalue weighted by Crippen LogP contribution is 2.17. The molecule has 5 heteroatoms. The van der Waals surface area contributed by atoms with Crippen molar-refractivity contribution in [3.63, 3.8) is 0 Å². The number of hydrogen-bond acceptors (Lipinski definition) is 4. The first-order valence-electron chi connectivity index (χ1n) is 6.45. The van der Waals surface area contributed by atoms with Crippen LogP contribution in [0, 0.1) is 23.2 Å². The first kappa shape index (κ1) is 15.7. The monoisotopic (exact) mass is 280 g/mol. The van der Waals surface area contributed by atoms with E-state index in [-0.39, 0.29) is 18.4 Å². The second-order valence-corrected chi connectivity index (χ2v) is 5.91. The minimum absolute atomic E-state index is 0.135. The molecule has 1 amide bonds. The highest BCUT2D eigenvalue weighted by Gasteiger charge is 2.16. The zero-order chi connectivity index (χ0) is 14.3. The molecule has 0 aromatic carbocycles. The molecule has 0 spiro atoms. The van der Waals surface area contributed by atoms with Crippen LogP contribution in [0.5, 0.6) is 0 Å². The van der Waals surface area contributed by atoms with Gasteiger partial charge in [0.25, 0.3) is 5.91 Å². The van der Waals surface area contributed by atoms with Crippen LogP contribution in [0.15, 0.2) is 11.4 Å². The number of carbonyl (C=O) groups excluding carboxylic acids is 1. The summed E-state index contributed by atoms with van der Waals surface area (Å²) in [4.78, 5) is 12.4. The first-order chi connectivity index (χ1) is 9.08. The second kappa shape index (κ2) is 7.93. The molecule has 4 nitrogen and oxygen atoms in total. The van der Waals surface area contributed by atoms with Crippen LogP contribution >= 0.6 is 11.3 Å². The Bertz CT molecular complexity index is 449. The molecular formula is C14H20N2O2S. The topological polar surface area (TPSA) is 73.1 Å². The van der Waals surface area contributed by atoms with E-state index in [9.17, 15) is 4.79 Å². The van der Waals surface area contributed by atoms with Crippen molar-refractivity contribution in [2.24, 2.45) is 11.8 Å². The van der Waals surface area contributed by atoms with Crippen molar-refractivity contribution in [2.75, 3.05) is 13.2 Å². The maximum atomic E-state index is 12.0. The van der Waals surface area contributed by atoms with E-state index < -0.39 is 0 Å². The summed E-state index contributed by atoms with van der Waals surface area (Å²) in [6.07, 6.45) is 1.66. The van der Waals surface area contributed by atoms with Crippen molar-refractivity contribution in [1.82, 2.24) is 5.32 Å². The molecule has 0 saturated heterocycles. The normalized spacial score (nSPS) is 12.2. The predicted octanol–water partition coefficient (Wildman–Crippen LogP) is 2.39. The minimum atomic E-state index is -0.196. The highest BCUT2D eigenvalue weighted by atomic mass is 32.1. The number of carbonyl (C=O) groups is 1. The quantitative estimate of drug-likeness (QED) is 0.805. The lowest BCUT2D eigenvalue weighted by Crippen LogP contribution is -2.30. The molecular weight excluding hydrogens is 260 g/mol. The van der Waals surface area contributed by atoms with Crippen LogP contribution in [0.3, 0.4) is 0 Å². The van der Waals surface area contributed by atoms with Gasteiger partial charge >= 0.3 is 0 Å². The second-order valence-electron chi connectivity index (χ2n) is 4.99. The van der Waals surface area contributed by atoms with Crippen molar-refractivity contribution < 1.29 is 9.90 Å². The SMILES string of the molecule is CC(C)CC(CCO)CNC(=O)c1sccc1C#N. The molecule has 1 rings (SSSR count). The summed E-state index contributed by atoms with van der Waals surface area (Å²) in [5, 5.41) is 22.5. The van der Waals surface area contributed by atoms with Gasteiger partial charge in [0.05, 0.1) is 5.56 Å². The van der Waals surface area contributed by atoms with E-state index in [1.807, 2.05) is 6.07 Å². The number of thiophene rings is 1. The smallest absolute Gasteiger partial charge is 0.262 e. The molecule has 0 aliphatic heterocycles. The fraction of sp³-hybridized carbons (Fsp3) is 0.571. The predicted molar refractivity (Wildman–Crippen MR) is 76.0 cm³/mol. The van der Waals surface area contributed by atoms with E-state index in [4.69, 9.17) is 10.4 Å². The maximum absolute atomic E-state index is 12.0. The number of aliphatic hydroxyl groups is 1. The van der Waals surface area contributed by atoms with Gasteiger partial charge in [0.1, 0.15) is 10.9 Å². The molecule has 1 unspecified atom stereocenters. The summed E-state index contributed by atoms with van der Waals surface area (Å²) < 4.78 is 0. The van der Waals surface area contributed by atoms with Gasteiger partial charge in [0.2, 0.25) is 0 Å². The average molecular weight is 280 g/mol. The molecule has 1 atom stereocenters. The van der Waals surface area contributed by atoms with Gasteiger partial charge in [-0.3, -0.25) is 4.79 Å². The van der Waals surface area contributed by atoms with Crippen LogP contribution in [0.2, 0.25) is 0 Å². The molecule has 0 aliphatic carbocycles. The maximum Gasteiger partial charge on any atom is 0.262 e. The summed E-state index contributed by atoms with van der Waals surface area (Å²) in [6, 6.07) is 3.66. The van der Waals surface area contributed by atoms with E-state index >= 15 is 0 Å². The van der Waals surface area contributed by atoms with Crippen LogP contribution in [0.4, 0.5) is 0 Å². The first-order valence-corrected chi connectivity index (χ1v) is 7.33. The van der Waals surface area contributed by atoms with Gasteiger partial charge in [0, 0.05) is 13.2 Å². The molecule has 2 N–H and O–H groups in total. The van der Waals surface area contributed by atoms with Crippen molar-refractivity contribution in [3.8, 4) is 6.07 Å². The largest absolute Gasteiger partial charge is 0.396 e. The third kappa shape index (κ3) is 5.01. The van der Waals surface area contributed by atoms with Gasteiger partial charge in [-0.2, -0.15) is 5.26 Å². The number of nitriles is 1. The third-order valence-corrected chi connectivity index (χ3v) is 3.80. The van der Waals surface area contributed by atoms with E-state index in [1.165, 1.54) is 11.3 Å². The zero-order valence-corrected chi connectivity index (χ0v) is 12.2. The molecule has 104 valence electrons. The number of hydrogen-bond donors (Lipinski definition) is 2. The Labute approximate surface area is 118 Å². The number of nitrogens with one attached hydrogen (secondary N) is 1. The Morgan fingerprint density at radius 3 is 2.89 bits per heavy atom. The zero-order valence-electron chi connectivity index (χ0n) is 11.3. The van der Waals surface area contributed by atoms with Gasteiger partial charge in [-0.25, -0.2) is 0 Å². The summed E-state index contributed by atoms with van der Waals surface area (Å²) in [7, 11) is 0. The molecule has 0 saturated carbocycles. The highest BCUT2D eigenvalue weighted by molar-refractivity contribution is 7.12. The molecule has 19 heavy (non-hydrogen) atoms. The molecule has 1 aromatic rings. The third-order valence-electron chi connectivity index (χ3n) is 2.89. The summed E-state index contributed by atoms with van der Waals surface area (Å²) in [5.41, 5.74) is 0.421. The number of nitrogens with zero attached hydrogens (tertiary/aromatic N) is 1. The minimum Gasteiger partial charge on any atom is -0.396 e. The Morgan fingerprint density at radius 1 is 1.58 bits per heavy atom. The Kier molecular flexibility index (Phi) is 6.54. The fourth-order valence-electron chi connectivity index (χ4n) is 2.04. The lowest BCUT2D eigenvalue weighted by Gasteiger charge is -2.18. The Hall–Kier alpha value is -1.38. The van der Waals surface area contributed by atoms with E-state index in [0.29, 0.717) is 29.3 Å². The van der Waals surface area contributed by atoms with Crippen LogP contribution < -0.4 is 5.32 Å². The fourth-order valence-corrected chi connectivity index (χ4v) is 2.80. The molecule has 1 heterocycles. The molecule has 0 bridgehead atoms. The lowest BCUT2D eigenvalue weighted by molar-refractivity contribution is 0.0945. The summed E-state index contributed by atoms with van der Waals surface area (Å²) in [6.45, 7) is 4.93. The van der Waals surface area contributed by atoms with Gasteiger partial charge in [-0.05, 0) is 36.1 Å².